The lowest BCUT2D eigenvalue weighted by Crippen LogP contribution is -3.14. The van der Waals surface area contributed by atoms with Gasteiger partial charge in [-0.3, -0.25) is 4.79 Å². The van der Waals surface area contributed by atoms with Crippen molar-refractivity contribution in [2.75, 3.05) is 46.5 Å². The van der Waals surface area contributed by atoms with Crippen LogP contribution in [0.4, 0.5) is 0 Å². The Labute approximate surface area is 177 Å². The van der Waals surface area contributed by atoms with Crippen molar-refractivity contribution in [3.05, 3.63) is 65.9 Å². The standard InChI is InChI=1S/C24H29N3O3/c1-29-19-8-6-18(7-9-19)21(22-17-26-23-5-3-2-4-20(22)23)16-24(28)25-10-11-27-12-14-30-15-13-27/h2-9,17,21,26H,10-16H2,1H3,(H,25,28)/p+1/t21-/m1/s1. The second-order valence-electron chi connectivity index (χ2n) is 7.78. The molecule has 3 N–H and O–H groups in total. The van der Waals surface area contributed by atoms with Crippen molar-refractivity contribution >= 4 is 16.8 Å². The Kier molecular flexibility index (Phi) is 6.67. The summed E-state index contributed by atoms with van der Waals surface area (Å²) in [7, 11) is 1.66. The lowest BCUT2D eigenvalue weighted by molar-refractivity contribution is -0.906. The van der Waals surface area contributed by atoms with Crippen LogP contribution in [0.15, 0.2) is 54.7 Å². The number of aromatic amines is 1. The van der Waals surface area contributed by atoms with E-state index in [-0.39, 0.29) is 11.8 Å². The number of amides is 1. The molecule has 0 bridgehead atoms. The van der Waals surface area contributed by atoms with Gasteiger partial charge in [-0.1, -0.05) is 30.3 Å². The lowest BCUT2D eigenvalue weighted by atomic mass is 9.88. The molecule has 1 atom stereocenters. The number of aromatic nitrogens is 1. The number of para-hydroxylation sites is 1. The molecule has 1 amide bonds. The molecule has 1 aromatic heterocycles. The van der Waals surface area contributed by atoms with Crippen LogP contribution in [-0.2, 0) is 9.53 Å². The molecule has 0 spiro atoms. The van der Waals surface area contributed by atoms with Crippen LogP contribution in [0.1, 0.15) is 23.5 Å². The van der Waals surface area contributed by atoms with Crippen molar-refractivity contribution in [2.45, 2.75) is 12.3 Å². The minimum absolute atomic E-state index is 0.0252. The first-order chi connectivity index (χ1) is 14.7. The van der Waals surface area contributed by atoms with E-state index in [1.807, 2.05) is 30.5 Å². The van der Waals surface area contributed by atoms with E-state index in [4.69, 9.17) is 9.47 Å². The first kappa shape index (κ1) is 20.4. The van der Waals surface area contributed by atoms with Gasteiger partial charge in [-0.15, -0.1) is 0 Å². The Bertz CT molecular complexity index is 961. The highest BCUT2D eigenvalue weighted by Gasteiger charge is 2.22. The molecule has 1 saturated heterocycles. The van der Waals surface area contributed by atoms with Crippen LogP contribution >= 0.6 is 0 Å². The molecular weight excluding hydrogens is 378 g/mol. The second-order valence-corrected chi connectivity index (χ2v) is 7.78. The predicted octanol–water partition coefficient (Wildman–Crippen LogP) is 1.73. The molecule has 0 unspecified atom stereocenters. The molecule has 0 radical (unpaired) electrons. The highest BCUT2D eigenvalue weighted by molar-refractivity contribution is 5.86. The van der Waals surface area contributed by atoms with Crippen LogP contribution in [0.25, 0.3) is 10.9 Å². The summed E-state index contributed by atoms with van der Waals surface area (Å²) in [6, 6.07) is 16.2. The maximum absolute atomic E-state index is 12.8. The first-order valence-electron chi connectivity index (χ1n) is 10.6. The van der Waals surface area contributed by atoms with Gasteiger partial charge in [-0.05, 0) is 29.3 Å². The normalized spacial score (nSPS) is 15.8. The molecule has 1 aliphatic heterocycles. The highest BCUT2D eigenvalue weighted by Crippen LogP contribution is 2.34. The number of hydrogen-bond donors (Lipinski definition) is 3. The fourth-order valence-corrected chi connectivity index (χ4v) is 4.17. The number of hydrogen-bond acceptors (Lipinski definition) is 3. The number of carbonyl (C=O) groups excluding carboxylic acids is 1. The molecule has 6 heteroatoms. The third-order valence-electron chi connectivity index (χ3n) is 5.90. The fourth-order valence-electron chi connectivity index (χ4n) is 4.17. The molecule has 1 fully saturated rings. The zero-order chi connectivity index (χ0) is 20.8. The number of benzene rings is 2. The second kappa shape index (κ2) is 9.78. The van der Waals surface area contributed by atoms with Crippen LogP contribution in [0, 0.1) is 0 Å². The summed E-state index contributed by atoms with van der Waals surface area (Å²) in [5.74, 6) is 0.867. The van der Waals surface area contributed by atoms with E-state index < -0.39 is 0 Å². The summed E-state index contributed by atoms with van der Waals surface area (Å²) in [5, 5.41) is 4.28. The molecule has 2 heterocycles. The topological polar surface area (TPSA) is 67.8 Å². The molecule has 6 nitrogen and oxygen atoms in total. The Balaban J connectivity index is 1.49. The van der Waals surface area contributed by atoms with E-state index in [1.165, 1.54) is 4.90 Å². The SMILES string of the molecule is COc1ccc([C@@H](CC(=O)NCC[NH+]2CCOCC2)c2c[nH]c3ccccc23)cc1. The van der Waals surface area contributed by atoms with E-state index in [2.05, 4.69) is 34.6 Å². The molecule has 4 rings (SSSR count). The van der Waals surface area contributed by atoms with Crippen molar-refractivity contribution in [2.24, 2.45) is 0 Å². The van der Waals surface area contributed by atoms with E-state index in [9.17, 15) is 4.79 Å². The van der Waals surface area contributed by atoms with E-state index >= 15 is 0 Å². The largest absolute Gasteiger partial charge is 0.497 e. The van der Waals surface area contributed by atoms with Crippen LogP contribution in [0.2, 0.25) is 0 Å². The summed E-state index contributed by atoms with van der Waals surface area (Å²) < 4.78 is 10.7. The van der Waals surface area contributed by atoms with Crippen molar-refractivity contribution in [3.8, 4) is 5.75 Å². The summed E-state index contributed by atoms with van der Waals surface area (Å²) in [6.07, 6.45) is 2.44. The van der Waals surface area contributed by atoms with Gasteiger partial charge in [-0.2, -0.15) is 0 Å². The van der Waals surface area contributed by atoms with E-state index in [0.29, 0.717) is 13.0 Å². The maximum Gasteiger partial charge on any atom is 0.221 e. The Morgan fingerprint density at radius 1 is 1.17 bits per heavy atom. The van der Waals surface area contributed by atoms with Gasteiger partial charge in [0, 0.05) is 29.4 Å². The van der Waals surface area contributed by atoms with Gasteiger partial charge in [0.15, 0.2) is 0 Å². The highest BCUT2D eigenvalue weighted by atomic mass is 16.5. The zero-order valence-corrected chi connectivity index (χ0v) is 17.4. The van der Waals surface area contributed by atoms with Gasteiger partial charge in [0.2, 0.25) is 5.91 Å². The Hall–Kier alpha value is -2.83. The number of fused-ring (bicyclic) bond motifs is 1. The average molecular weight is 409 g/mol. The number of rotatable bonds is 8. The molecule has 158 valence electrons. The van der Waals surface area contributed by atoms with Gasteiger partial charge < -0.3 is 24.7 Å². The van der Waals surface area contributed by atoms with Crippen molar-refractivity contribution in [3.63, 3.8) is 0 Å². The van der Waals surface area contributed by atoms with Gasteiger partial charge in [0.05, 0.1) is 33.4 Å². The molecule has 30 heavy (non-hydrogen) atoms. The number of carbonyl (C=O) groups is 1. The number of morpholine rings is 1. The van der Waals surface area contributed by atoms with Gasteiger partial charge >= 0.3 is 0 Å². The predicted molar refractivity (Wildman–Crippen MR) is 117 cm³/mol. The van der Waals surface area contributed by atoms with Gasteiger partial charge in [0.25, 0.3) is 0 Å². The quantitative estimate of drug-likeness (QED) is 0.532. The Morgan fingerprint density at radius 2 is 1.93 bits per heavy atom. The maximum atomic E-state index is 12.8. The fraction of sp³-hybridized carbons (Fsp3) is 0.375. The third kappa shape index (κ3) is 4.83. The summed E-state index contributed by atoms with van der Waals surface area (Å²) in [5.41, 5.74) is 3.33. The van der Waals surface area contributed by atoms with Gasteiger partial charge in [-0.25, -0.2) is 0 Å². The van der Waals surface area contributed by atoms with Crippen molar-refractivity contribution in [1.82, 2.24) is 10.3 Å². The minimum atomic E-state index is -0.0252. The number of nitrogens with one attached hydrogen (secondary N) is 3. The number of quaternary nitrogens is 1. The summed E-state index contributed by atoms with van der Waals surface area (Å²) >= 11 is 0. The number of ether oxygens (including phenoxy) is 2. The lowest BCUT2D eigenvalue weighted by Gasteiger charge is -2.24. The monoisotopic (exact) mass is 408 g/mol. The van der Waals surface area contributed by atoms with Crippen LogP contribution < -0.4 is 15.0 Å². The molecular formula is C24H30N3O3+. The van der Waals surface area contributed by atoms with E-state index in [0.717, 1.165) is 60.6 Å². The van der Waals surface area contributed by atoms with Crippen LogP contribution in [0.3, 0.4) is 0 Å². The van der Waals surface area contributed by atoms with E-state index in [1.54, 1.807) is 7.11 Å². The average Bonchev–Trinajstić information content (AvgIpc) is 3.22. The summed E-state index contributed by atoms with van der Waals surface area (Å²) in [4.78, 5) is 17.7. The third-order valence-corrected chi connectivity index (χ3v) is 5.90. The molecule has 0 saturated carbocycles. The Morgan fingerprint density at radius 3 is 2.70 bits per heavy atom. The summed E-state index contributed by atoms with van der Waals surface area (Å²) in [6.45, 7) is 5.28. The molecule has 0 aliphatic carbocycles. The van der Waals surface area contributed by atoms with Crippen molar-refractivity contribution in [1.29, 1.82) is 0 Å². The number of methoxy groups -OCH3 is 1. The number of H-pyrrole nitrogens is 1. The minimum Gasteiger partial charge on any atom is -0.497 e. The smallest absolute Gasteiger partial charge is 0.221 e. The zero-order valence-electron chi connectivity index (χ0n) is 17.4. The van der Waals surface area contributed by atoms with Crippen molar-refractivity contribution < 1.29 is 19.2 Å². The molecule has 1 aliphatic rings. The van der Waals surface area contributed by atoms with Crippen LogP contribution in [-0.4, -0.2) is 57.4 Å². The molecule has 2 aromatic carbocycles. The van der Waals surface area contributed by atoms with Crippen LogP contribution in [0.5, 0.6) is 5.75 Å². The molecule has 3 aromatic rings. The van der Waals surface area contributed by atoms with Gasteiger partial charge in [0.1, 0.15) is 18.8 Å². The first-order valence-corrected chi connectivity index (χ1v) is 10.6.